The van der Waals surface area contributed by atoms with Gasteiger partial charge in [-0.2, -0.15) is 11.8 Å². The summed E-state index contributed by atoms with van der Waals surface area (Å²) in [6.45, 7) is 5.02. The fraction of sp³-hybridized carbons (Fsp3) is 0.667. The zero-order valence-electron chi connectivity index (χ0n) is 12.6. The van der Waals surface area contributed by atoms with E-state index in [4.69, 9.17) is 10.7 Å². The predicted octanol–water partition coefficient (Wildman–Crippen LogP) is 3.07. The maximum Gasteiger partial charge on any atom is 0.129 e. The zero-order valence-corrected chi connectivity index (χ0v) is 13.5. The highest BCUT2D eigenvalue weighted by molar-refractivity contribution is 7.98. The van der Waals surface area contributed by atoms with Crippen LogP contribution in [0.2, 0.25) is 0 Å². The van der Waals surface area contributed by atoms with Gasteiger partial charge in [0, 0.05) is 25.3 Å². The number of aromatic nitrogens is 1. The fourth-order valence-corrected chi connectivity index (χ4v) is 2.60. The van der Waals surface area contributed by atoms with Gasteiger partial charge >= 0.3 is 0 Å². The van der Waals surface area contributed by atoms with Crippen molar-refractivity contribution in [3.05, 3.63) is 23.4 Å². The van der Waals surface area contributed by atoms with Crippen LogP contribution in [0.25, 0.3) is 0 Å². The Morgan fingerprint density at radius 2 is 2.16 bits per heavy atom. The van der Waals surface area contributed by atoms with Crippen molar-refractivity contribution in [2.24, 2.45) is 5.73 Å². The molecule has 1 unspecified atom stereocenters. The summed E-state index contributed by atoms with van der Waals surface area (Å²) in [7, 11) is 2.13. The number of rotatable bonds is 8. The van der Waals surface area contributed by atoms with E-state index in [1.165, 1.54) is 17.7 Å². The third kappa shape index (κ3) is 5.03. The molecule has 2 N–H and O–H groups in total. The van der Waals surface area contributed by atoms with Gasteiger partial charge in [0.05, 0.1) is 0 Å². The minimum absolute atomic E-state index is 0.502. The lowest BCUT2D eigenvalue weighted by Crippen LogP contribution is -2.30. The van der Waals surface area contributed by atoms with Gasteiger partial charge in [0.25, 0.3) is 0 Å². The number of anilines is 1. The molecule has 0 bridgehead atoms. The average molecular weight is 281 g/mol. The standard InChI is InChI=1S/C15H27N3S/c1-5-6-14-9-13(11-16)10-15(17-14)18(3)12(2)7-8-19-4/h9-10,12H,5-8,11,16H2,1-4H3. The molecule has 0 aromatic carbocycles. The molecule has 0 saturated carbocycles. The van der Waals surface area contributed by atoms with Crippen molar-refractivity contribution in [2.45, 2.75) is 45.7 Å². The molecule has 1 atom stereocenters. The second-order valence-corrected chi connectivity index (χ2v) is 6.01. The lowest BCUT2D eigenvalue weighted by molar-refractivity contribution is 0.659. The first-order valence-corrected chi connectivity index (χ1v) is 8.43. The maximum absolute atomic E-state index is 5.79. The molecule has 1 rings (SSSR count). The van der Waals surface area contributed by atoms with Crippen LogP contribution in [0.15, 0.2) is 12.1 Å². The normalized spacial score (nSPS) is 12.5. The van der Waals surface area contributed by atoms with Gasteiger partial charge in [-0.15, -0.1) is 0 Å². The number of pyridine rings is 1. The first-order chi connectivity index (χ1) is 9.12. The first-order valence-electron chi connectivity index (χ1n) is 7.04. The number of thioether (sulfide) groups is 1. The molecule has 0 aliphatic rings. The van der Waals surface area contributed by atoms with Crippen molar-refractivity contribution in [2.75, 3.05) is 24.0 Å². The molecule has 0 fully saturated rings. The quantitative estimate of drug-likeness (QED) is 0.795. The summed E-state index contributed by atoms with van der Waals surface area (Å²) in [4.78, 5) is 7.04. The lowest BCUT2D eigenvalue weighted by atomic mass is 10.1. The van der Waals surface area contributed by atoms with Crippen molar-refractivity contribution >= 4 is 17.6 Å². The van der Waals surface area contributed by atoms with Crippen LogP contribution in [0.3, 0.4) is 0 Å². The molecule has 0 aliphatic heterocycles. The number of hydrogen-bond donors (Lipinski definition) is 1. The second kappa shape index (κ2) is 8.43. The van der Waals surface area contributed by atoms with Gasteiger partial charge in [0.2, 0.25) is 0 Å². The molecule has 0 radical (unpaired) electrons. The summed E-state index contributed by atoms with van der Waals surface area (Å²) >= 11 is 1.89. The van der Waals surface area contributed by atoms with E-state index in [1.54, 1.807) is 0 Å². The van der Waals surface area contributed by atoms with E-state index in [-0.39, 0.29) is 0 Å². The largest absolute Gasteiger partial charge is 0.357 e. The Morgan fingerprint density at radius 3 is 2.74 bits per heavy atom. The van der Waals surface area contributed by atoms with E-state index in [1.807, 2.05) is 11.8 Å². The molecule has 108 valence electrons. The number of nitrogens with two attached hydrogens (primary N) is 1. The molecular formula is C15H27N3S. The van der Waals surface area contributed by atoms with Crippen LogP contribution in [-0.4, -0.2) is 30.1 Å². The van der Waals surface area contributed by atoms with Gasteiger partial charge in [0.1, 0.15) is 5.82 Å². The fourth-order valence-electron chi connectivity index (χ4n) is 2.02. The van der Waals surface area contributed by atoms with Crippen molar-refractivity contribution in [3.63, 3.8) is 0 Å². The Labute approximate surface area is 122 Å². The van der Waals surface area contributed by atoms with Crippen LogP contribution in [0, 0.1) is 0 Å². The average Bonchev–Trinajstić information content (AvgIpc) is 2.43. The molecule has 1 aromatic heterocycles. The van der Waals surface area contributed by atoms with E-state index in [2.05, 4.69) is 44.2 Å². The predicted molar refractivity (Wildman–Crippen MR) is 87.0 cm³/mol. The van der Waals surface area contributed by atoms with Crippen molar-refractivity contribution in [3.8, 4) is 0 Å². The summed E-state index contributed by atoms with van der Waals surface area (Å²) in [6, 6.07) is 4.75. The number of aryl methyl sites for hydroxylation is 1. The molecule has 3 nitrogen and oxygen atoms in total. The number of nitrogens with zero attached hydrogens (tertiary/aromatic N) is 2. The third-order valence-electron chi connectivity index (χ3n) is 3.43. The molecule has 1 aromatic rings. The molecule has 0 saturated heterocycles. The highest BCUT2D eigenvalue weighted by Crippen LogP contribution is 2.19. The van der Waals surface area contributed by atoms with Crippen LogP contribution >= 0.6 is 11.8 Å². The van der Waals surface area contributed by atoms with Crippen molar-refractivity contribution in [1.82, 2.24) is 4.98 Å². The van der Waals surface area contributed by atoms with Crippen molar-refractivity contribution < 1.29 is 0 Å². The van der Waals surface area contributed by atoms with Crippen LogP contribution in [0.4, 0.5) is 5.82 Å². The Morgan fingerprint density at radius 1 is 1.42 bits per heavy atom. The Bertz CT molecular complexity index is 382. The van der Waals surface area contributed by atoms with Crippen LogP contribution in [0.1, 0.15) is 37.9 Å². The van der Waals surface area contributed by atoms with Crippen LogP contribution in [-0.2, 0) is 13.0 Å². The molecule has 0 aliphatic carbocycles. The second-order valence-electron chi connectivity index (χ2n) is 5.02. The highest BCUT2D eigenvalue weighted by atomic mass is 32.2. The van der Waals surface area contributed by atoms with Crippen molar-refractivity contribution in [1.29, 1.82) is 0 Å². The van der Waals surface area contributed by atoms with E-state index >= 15 is 0 Å². The third-order valence-corrected chi connectivity index (χ3v) is 4.07. The smallest absolute Gasteiger partial charge is 0.129 e. The summed E-state index contributed by atoms with van der Waals surface area (Å²) in [6.07, 6.45) is 5.47. The van der Waals surface area contributed by atoms with E-state index < -0.39 is 0 Å². The Balaban J connectivity index is 2.87. The Kier molecular flexibility index (Phi) is 7.24. The summed E-state index contributed by atoms with van der Waals surface area (Å²) < 4.78 is 0. The summed E-state index contributed by atoms with van der Waals surface area (Å²) in [5.41, 5.74) is 8.13. The SMILES string of the molecule is CCCc1cc(CN)cc(N(C)C(C)CCSC)n1. The molecule has 19 heavy (non-hydrogen) atoms. The van der Waals surface area contributed by atoms with E-state index in [9.17, 15) is 0 Å². The van der Waals surface area contributed by atoms with Gasteiger partial charge < -0.3 is 10.6 Å². The van der Waals surface area contributed by atoms with Gasteiger partial charge in [-0.05, 0) is 49.5 Å². The Hall–Kier alpha value is -0.740. The molecule has 0 amide bonds. The van der Waals surface area contributed by atoms with E-state index in [0.717, 1.165) is 24.4 Å². The molecular weight excluding hydrogens is 254 g/mol. The van der Waals surface area contributed by atoms with Gasteiger partial charge in [-0.3, -0.25) is 0 Å². The highest BCUT2D eigenvalue weighted by Gasteiger charge is 2.12. The summed E-state index contributed by atoms with van der Waals surface area (Å²) in [5.74, 6) is 2.24. The lowest BCUT2D eigenvalue weighted by Gasteiger charge is -2.26. The minimum Gasteiger partial charge on any atom is -0.357 e. The van der Waals surface area contributed by atoms with Crippen LogP contribution < -0.4 is 10.6 Å². The van der Waals surface area contributed by atoms with Crippen LogP contribution in [0.5, 0.6) is 0 Å². The topological polar surface area (TPSA) is 42.1 Å². The van der Waals surface area contributed by atoms with Gasteiger partial charge in [-0.1, -0.05) is 13.3 Å². The first kappa shape index (κ1) is 16.3. The molecule has 4 heteroatoms. The number of hydrogen-bond acceptors (Lipinski definition) is 4. The van der Waals surface area contributed by atoms with Gasteiger partial charge in [-0.25, -0.2) is 4.98 Å². The zero-order chi connectivity index (χ0) is 14.3. The molecule has 1 heterocycles. The summed E-state index contributed by atoms with van der Waals surface area (Å²) in [5, 5.41) is 0. The monoisotopic (exact) mass is 281 g/mol. The van der Waals surface area contributed by atoms with E-state index in [0.29, 0.717) is 12.6 Å². The van der Waals surface area contributed by atoms with Gasteiger partial charge in [0.15, 0.2) is 0 Å². The maximum atomic E-state index is 5.79. The molecule has 0 spiro atoms. The minimum atomic E-state index is 0.502.